The second-order valence-electron chi connectivity index (χ2n) is 2.84. The van der Waals surface area contributed by atoms with Gasteiger partial charge in [-0.05, 0) is 0 Å². The fourth-order valence-corrected chi connectivity index (χ4v) is 3.30. The van der Waals surface area contributed by atoms with Crippen molar-refractivity contribution in [2.45, 2.75) is 0 Å². The third-order valence-electron chi connectivity index (χ3n) is 2.01. The quantitative estimate of drug-likeness (QED) is 0.647. The van der Waals surface area contributed by atoms with Gasteiger partial charge in [0.15, 0.2) is 5.13 Å². The molecule has 0 amide bonds. The molecule has 1 aliphatic rings. The van der Waals surface area contributed by atoms with Crippen LogP contribution in [0.15, 0.2) is 11.6 Å². The maximum absolute atomic E-state index is 11.1. The van der Waals surface area contributed by atoms with Gasteiger partial charge in [0.1, 0.15) is 0 Å². The summed E-state index contributed by atoms with van der Waals surface area (Å²) in [7, 11) is -1.23. The van der Waals surface area contributed by atoms with Crippen LogP contribution in [0.5, 0.6) is 0 Å². The van der Waals surface area contributed by atoms with Crippen molar-refractivity contribution in [1.29, 1.82) is 0 Å². The van der Waals surface area contributed by atoms with Crippen molar-refractivity contribution in [2.24, 2.45) is 0 Å². The van der Waals surface area contributed by atoms with Gasteiger partial charge >= 0.3 is 0 Å². The number of nitrogens with zero attached hydrogens (tertiary/aromatic N) is 2. The molecular weight excluding hydrogens is 191 g/mol. The smallest absolute Gasteiger partial charge is 0.185 e. The Balaban J connectivity index is 2.03. The summed E-state index contributed by atoms with van der Waals surface area (Å²) in [5.74, 6) is 0. The molecule has 1 aromatic rings. The van der Waals surface area contributed by atoms with Crippen LogP contribution in [0.4, 0.5) is 5.13 Å². The molecule has 5 heteroatoms. The molecule has 3 nitrogen and oxygen atoms in total. The van der Waals surface area contributed by atoms with E-state index in [-0.39, 0.29) is 0 Å². The number of anilines is 1. The Morgan fingerprint density at radius 1 is 1.50 bits per heavy atom. The van der Waals surface area contributed by atoms with Gasteiger partial charge in [-0.15, -0.1) is 11.3 Å². The summed E-state index contributed by atoms with van der Waals surface area (Å²) in [6.45, 7) is 1.84. The van der Waals surface area contributed by atoms with Crippen molar-refractivity contribution in [1.82, 2.24) is 4.98 Å². The summed E-state index contributed by atoms with van der Waals surface area (Å²) < 4.78 is 11.1. The fourth-order valence-electron chi connectivity index (χ4n) is 1.32. The Labute approximate surface area is 76.2 Å². The van der Waals surface area contributed by atoms with E-state index in [0.717, 1.165) is 30.5 Å². The van der Waals surface area contributed by atoms with Crippen LogP contribution in [-0.2, 0) is 4.57 Å². The minimum atomic E-state index is -1.23. The van der Waals surface area contributed by atoms with E-state index >= 15 is 0 Å². The molecule has 2 rings (SSSR count). The largest absolute Gasteiger partial charge is 0.347 e. The van der Waals surface area contributed by atoms with E-state index in [1.165, 1.54) is 0 Å². The molecule has 0 atom stereocenters. The van der Waals surface area contributed by atoms with Crippen molar-refractivity contribution >= 4 is 24.3 Å². The van der Waals surface area contributed by atoms with Gasteiger partial charge in [-0.25, -0.2) is 4.98 Å². The fraction of sp³-hybridized carbons (Fsp3) is 0.571. The normalized spacial score (nSPS) is 19.8. The molecule has 1 aliphatic heterocycles. The zero-order chi connectivity index (χ0) is 8.39. The minimum Gasteiger partial charge on any atom is -0.347 e. The van der Waals surface area contributed by atoms with Crippen molar-refractivity contribution in [3.8, 4) is 0 Å². The first-order chi connectivity index (χ1) is 5.86. The van der Waals surface area contributed by atoms with Gasteiger partial charge in [-0.2, -0.15) is 0 Å². The van der Waals surface area contributed by atoms with Crippen molar-refractivity contribution < 1.29 is 4.57 Å². The zero-order valence-electron chi connectivity index (χ0n) is 6.69. The molecule has 1 saturated heterocycles. The van der Waals surface area contributed by atoms with E-state index in [2.05, 4.69) is 9.88 Å². The average molecular weight is 202 g/mol. The third-order valence-corrected chi connectivity index (χ3v) is 4.41. The maximum atomic E-state index is 11.1. The van der Waals surface area contributed by atoms with E-state index in [4.69, 9.17) is 0 Å². The molecule has 0 unspecified atom stereocenters. The third kappa shape index (κ3) is 1.70. The van der Waals surface area contributed by atoms with Crippen LogP contribution in [-0.4, -0.2) is 30.4 Å². The first-order valence-corrected chi connectivity index (χ1v) is 6.72. The van der Waals surface area contributed by atoms with Gasteiger partial charge in [0, 0.05) is 37.0 Å². The highest BCUT2D eigenvalue weighted by Crippen LogP contribution is 2.28. The second-order valence-corrected chi connectivity index (χ2v) is 5.79. The van der Waals surface area contributed by atoms with Gasteiger partial charge in [-0.3, -0.25) is 0 Å². The lowest BCUT2D eigenvalue weighted by atomic mass is 10.5. The Hall–Kier alpha value is -0.340. The molecule has 12 heavy (non-hydrogen) atoms. The van der Waals surface area contributed by atoms with E-state index in [0.29, 0.717) is 0 Å². The lowest BCUT2D eigenvalue weighted by Gasteiger charge is -2.25. The van der Waals surface area contributed by atoms with E-state index < -0.39 is 7.80 Å². The minimum absolute atomic E-state index is 0.865. The van der Waals surface area contributed by atoms with Gasteiger partial charge in [0.05, 0.1) is 7.80 Å². The Kier molecular flexibility index (Phi) is 2.47. The molecule has 0 aromatic carbocycles. The molecule has 0 radical (unpaired) electrons. The molecule has 0 spiro atoms. The lowest BCUT2D eigenvalue weighted by molar-refractivity contribution is 0.582. The Morgan fingerprint density at radius 2 is 2.25 bits per heavy atom. The number of aromatic nitrogens is 1. The lowest BCUT2D eigenvalue weighted by Crippen LogP contribution is -2.32. The van der Waals surface area contributed by atoms with Crippen LogP contribution in [0.1, 0.15) is 0 Å². The van der Waals surface area contributed by atoms with Gasteiger partial charge < -0.3 is 9.46 Å². The highest BCUT2D eigenvalue weighted by Gasteiger charge is 2.16. The van der Waals surface area contributed by atoms with Gasteiger partial charge in [0.25, 0.3) is 0 Å². The van der Waals surface area contributed by atoms with Crippen LogP contribution in [0.2, 0.25) is 0 Å². The maximum Gasteiger partial charge on any atom is 0.185 e. The average Bonchev–Trinajstić information content (AvgIpc) is 2.58. The summed E-state index contributed by atoms with van der Waals surface area (Å²) in [5.41, 5.74) is 0. The van der Waals surface area contributed by atoms with Crippen LogP contribution in [0, 0.1) is 0 Å². The van der Waals surface area contributed by atoms with Crippen molar-refractivity contribution in [3.05, 3.63) is 11.6 Å². The molecule has 1 fully saturated rings. The van der Waals surface area contributed by atoms with Crippen LogP contribution in [0.25, 0.3) is 0 Å². The first kappa shape index (κ1) is 8.27. The number of hydrogen-bond acceptors (Lipinski definition) is 4. The number of rotatable bonds is 1. The summed E-state index contributed by atoms with van der Waals surface area (Å²) in [6.07, 6.45) is 3.55. The van der Waals surface area contributed by atoms with Crippen LogP contribution >= 0.6 is 19.1 Å². The number of hydrogen-bond donors (Lipinski definition) is 0. The van der Waals surface area contributed by atoms with Crippen molar-refractivity contribution in [3.63, 3.8) is 0 Å². The first-order valence-electron chi connectivity index (χ1n) is 4.02. The summed E-state index contributed by atoms with van der Waals surface area (Å²) >= 11 is 1.65. The molecule has 0 saturated carbocycles. The van der Waals surface area contributed by atoms with Gasteiger partial charge in [-0.1, -0.05) is 0 Å². The molecule has 2 heterocycles. The predicted molar refractivity (Wildman–Crippen MR) is 53.1 cm³/mol. The molecular formula is C7H11N2OPS. The second kappa shape index (κ2) is 3.58. The van der Waals surface area contributed by atoms with E-state index in [9.17, 15) is 4.57 Å². The zero-order valence-corrected chi connectivity index (χ0v) is 8.51. The summed E-state index contributed by atoms with van der Waals surface area (Å²) in [4.78, 5) is 6.44. The molecule has 0 bridgehead atoms. The SMILES string of the molecule is O=[PH]1CCN(c2nccs2)CC1. The molecule has 1 aromatic heterocycles. The monoisotopic (exact) mass is 202 g/mol. The Morgan fingerprint density at radius 3 is 2.83 bits per heavy atom. The Bertz CT molecular complexity index is 265. The molecule has 0 N–H and O–H groups in total. The van der Waals surface area contributed by atoms with Gasteiger partial charge in [0.2, 0.25) is 0 Å². The molecule has 66 valence electrons. The topological polar surface area (TPSA) is 33.2 Å². The van der Waals surface area contributed by atoms with E-state index in [1.54, 1.807) is 11.3 Å². The van der Waals surface area contributed by atoms with E-state index in [1.807, 2.05) is 11.6 Å². The highest BCUT2D eigenvalue weighted by atomic mass is 32.1. The van der Waals surface area contributed by atoms with Crippen LogP contribution < -0.4 is 4.90 Å². The summed E-state index contributed by atoms with van der Waals surface area (Å²) in [5, 5.41) is 3.05. The van der Waals surface area contributed by atoms with Crippen LogP contribution in [0.3, 0.4) is 0 Å². The summed E-state index contributed by atoms with van der Waals surface area (Å²) in [6, 6.07) is 0. The number of thiazole rings is 1. The standard InChI is InChI=1S/C7H11N2OPS/c10-11-4-2-9(3-5-11)7-8-1-6-12-7/h1,6,11H,2-5H2. The predicted octanol–water partition coefficient (Wildman–Crippen LogP) is 1.52. The van der Waals surface area contributed by atoms with Crippen molar-refractivity contribution in [2.75, 3.05) is 30.3 Å². The molecule has 0 aliphatic carbocycles. The highest BCUT2D eigenvalue weighted by molar-refractivity contribution is 7.44.